The zero-order chi connectivity index (χ0) is 12.3. The highest BCUT2D eigenvalue weighted by atomic mass is 16.5. The van der Waals surface area contributed by atoms with Crippen molar-refractivity contribution in [3.8, 4) is 5.75 Å². The molecule has 1 aromatic rings. The smallest absolute Gasteiger partial charge is 0.119 e. The van der Waals surface area contributed by atoms with Gasteiger partial charge in [0.2, 0.25) is 0 Å². The van der Waals surface area contributed by atoms with Crippen molar-refractivity contribution in [1.29, 1.82) is 0 Å². The van der Waals surface area contributed by atoms with Crippen LogP contribution in [0.1, 0.15) is 49.7 Å². The standard InChI is InChI=1S/C15H23NO/c1-11(2)13-8-14(10-15(9-13)17-3)12-4-6-16-7-5-12/h8-12,16H,4-7H2,1-3H3. The molecule has 0 aromatic heterocycles. The van der Waals surface area contributed by atoms with Gasteiger partial charge in [-0.3, -0.25) is 0 Å². The Morgan fingerprint density at radius 3 is 2.47 bits per heavy atom. The fourth-order valence-corrected chi connectivity index (χ4v) is 2.49. The van der Waals surface area contributed by atoms with Gasteiger partial charge in [-0.2, -0.15) is 0 Å². The van der Waals surface area contributed by atoms with Gasteiger partial charge in [-0.1, -0.05) is 19.9 Å². The van der Waals surface area contributed by atoms with Crippen LogP contribution in [0.4, 0.5) is 0 Å². The lowest BCUT2D eigenvalue weighted by Gasteiger charge is -2.24. The molecule has 2 nitrogen and oxygen atoms in total. The summed E-state index contributed by atoms with van der Waals surface area (Å²) in [7, 11) is 1.76. The van der Waals surface area contributed by atoms with E-state index in [0.717, 1.165) is 18.8 Å². The highest BCUT2D eigenvalue weighted by Gasteiger charge is 2.17. The number of hydrogen-bond acceptors (Lipinski definition) is 2. The third-order valence-electron chi connectivity index (χ3n) is 3.66. The maximum absolute atomic E-state index is 5.42. The van der Waals surface area contributed by atoms with E-state index >= 15 is 0 Å². The summed E-state index contributed by atoms with van der Waals surface area (Å²) in [5, 5.41) is 3.42. The number of nitrogens with one attached hydrogen (secondary N) is 1. The van der Waals surface area contributed by atoms with Gasteiger partial charge in [0.1, 0.15) is 5.75 Å². The Hall–Kier alpha value is -1.02. The molecule has 0 aliphatic carbocycles. The molecule has 0 amide bonds. The molecule has 1 aliphatic heterocycles. The van der Waals surface area contributed by atoms with E-state index in [1.807, 2.05) is 0 Å². The van der Waals surface area contributed by atoms with Crippen LogP contribution in [0.5, 0.6) is 5.75 Å². The number of hydrogen-bond donors (Lipinski definition) is 1. The third kappa shape index (κ3) is 3.01. The first-order chi connectivity index (χ1) is 8.20. The van der Waals surface area contributed by atoms with E-state index in [2.05, 4.69) is 37.4 Å². The second-order valence-corrected chi connectivity index (χ2v) is 5.22. The Morgan fingerprint density at radius 2 is 1.88 bits per heavy atom. The topological polar surface area (TPSA) is 21.3 Å². The summed E-state index contributed by atoms with van der Waals surface area (Å²) in [4.78, 5) is 0. The van der Waals surface area contributed by atoms with Crippen molar-refractivity contribution in [2.45, 2.75) is 38.5 Å². The summed E-state index contributed by atoms with van der Waals surface area (Å²) in [5.41, 5.74) is 2.84. The van der Waals surface area contributed by atoms with Crippen molar-refractivity contribution >= 4 is 0 Å². The average Bonchev–Trinajstić information content (AvgIpc) is 2.39. The molecule has 1 fully saturated rings. The van der Waals surface area contributed by atoms with Crippen LogP contribution >= 0.6 is 0 Å². The van der Waals surface area contributed by atoms with E-state index in [1.165, 1.54) is 24.0 Å². The van der Waals surface area contributed by atoms with E-state index in [9.17, 15) is 0 Å². The zero-order valence-electron chi connectivity index (χ0n) is 11.1. The number of rotatable bonds is 3. The Bertz CT molecular complexity index is 367. The molecule has 1 N–H and O–H groups in total. The highest BCUT2D eigenvalue weighted by molar-refractivity contribution is 5.38. The van der Waals surface area contributed by atoms with Crippen molar-refractivity contribution < 1.29 is 4.74 Å². The Balaban J connectivity index is 2.28. The average molecular weight is 233 g/mol. The second-order valence-electron chi connectivity index (χ2n) is 5.22. The molecule has 94 valence electrons. The van der Waals surface area contributed by atoms with Gasteiger partial charge in [0, 0.05) is 0 Å². The summed E-state index contributed by atoms with van der Waals surface area (Å²) >= 11 is 0. The van der Waals surface area contributed by atoms with Gasteiger partial charge in [0.25, 0.3) is 0 Å². The van der Waals surface area contributed by atoms with Gasteiger partial charge < -0.3 is 10.1 Å². The van der Waals surface area contributed by atoms with Gasteiger partial charge in [-0.15, -0.1) is 0 Å². The largest absolute Gasteiger partial charge is 0.497 e. The molecule has 1 saturated heterocycles. The van der Waals surface area contributed by atoms with Crippen LogP contribution in [0, 0.1) is 0 Å². The Labute approximate surface area is 104 Å². The quantitative estimate of drug-likeness (QED) is 0.865. The molecule has 1 aliphatic rings. The summed E-state index contributed by atoms with van der Waals surface area (Å²) in [6.07, 6.45) is 2.48. The lowest BCUT2D eigenvalue weighted by molar-refractivity contribution is 0.410. The third-order valence-corrected chi connectivity index (χ3v) is 3.66. The molecule has 0 radical (unpaired) electrons. The van der Waals surface area contributed by atoms with Crippen LogP contribution in [-0.2, 0) is 0 Å². The van der Waals surface area contributed by atoms with Crippen LogP contribution in [0.2, 0.25) is 0 Å². The number of methoxy groups -OCH3 is 1. The number of benzene rings is 1. The van der Waals surface area contributed by atoms with Gasteiger partial charge in [0.05, 0.1) is 7.11 Å². The van der Waals surface area contributed by atoms with E-state index in [0.29, 0.717) is 11.8 Å². The van der Waals surface area contributed by atoms with Crippen LogP contribution in [-0.4, -0.2) is 20.2 Å². The molecule has 1 heterocycles. The molecule has 0 atom stereocenters. The molecule has 0 bridgehead atoms. The molecular formula is C15H23NO. The number of ether oxygens (including phenoxy) is 1. The number of piperidine rings is 1. The van der Waals surface area contributed by atoms with Crippen LogP contribution < -0.4 is 10.1 Å². The molecule has 0 unspecified atom stereocenters. The zero-order valence-corrected chi connectivity index (χ0v) is 11.1. The van der Waals surface area contributed by atoms with Crippen LogP contribution in [0.3, 0.4) is 0 Å². The van der Waals surface area contributed by atoms with Crippen molar-refractivity contribution in [2.24, 2.45) is 0 Å². The fourth-order valence-electron chi connectivity index (χ4n) is 2.49. The second kappa shape index (κ2) is 5.54. The first kappa shape index (κ1) is 12.4. The molecular weight excluding hydrogens is 210 g/mol. The van der Waals surface area contributed by atoms with Gasteiger partial charge >= 0.3 is 0 Å². The Morgan fingerprint density at radius 1 is 1.18 bits per heavy atom. The van der Waals surface area contributed by atoms with Gasteiger partial charge in [-0.25, -0.2) is 0 Å². The predicted molar refractivity (Wildman–Crippen MR) is 71.9 cm³/mol. The monoisotopic (exact) mass is 233 g/mol. The normalized spacial score (nSPS) is 17.4. The Kier molecular flexibility index (Phi) is 4.06. The molecule has 0 saturated carbocycles. The maximum atomic E-state index is 5.42. The first-order valence-electron chi connectivity index (χ1n) is 6.60. The van der Waals surface area contributed by atoms with Crippen molar-refractivity contribution in [2.75, 3.05) is 20.2 Å². The first-order valence-corrected chi connectivity index (χ1v) is 6.60. The molecule has 0 spiro atoms. The van der Waals surface area contributed by atoms with E-state index in [1.54, 1.807) is 7.11 Å². The molecule has 1 aromatic carbocycles. The fraction of sp³-hybridized carbons (Fsp3) is 0.600. The lowest BCUT2D eigenvalue weighted by Crippen LogP contribution is -2.26. The summed E-state index contributed by atoms with van der Waals surface area (Å²) < 4.78 is 5.42. The van der Waals surface area contributed by atoms with Gasteiger partial charge in [-0.05, 0) is 61.0 Å². The minimum atomic E-state index is 0.561. The molecule has 2 heteroatoms. The molecule has 2 rings (SSSR count). The van der Waals surface area contributed by atoms with E-state index < -0.39 is 0 Å². The predicted octanol–water partition coefficient (Wildman–Crippen LogP) is 3.29. The van der Waals surface area contributed by atoms with Gasteiger partial charge in [0.15, 0.2) is 0 Å². The van der Waals surface area contributed by atoms with Crippen molar-refractivity contribution in [1.82, 2.24) is 5.32 Å². The minimum Gasteiger partial charge on any atom is -0.497 e. The van der Waals surface area contributed by atoms with Crippen LogP contribution in [0.25, 0.3) is 0 Å². The summed E-state index contributed by atoms with van der Waals surface area (Å²) in [6, 6.07) is 6.74. The summed E-state index contributed by atoms with van der Waals surface area (Å²) in [5.74, 6) is 2.26. The van der Waals surface area contributed by atoms with Crippen molar-refractivity contribution in [3.05, 3.63) is 29.3 Å². The van der Waals surface area contributed by atoms with Crippen LogP contribution in [0.15, 0.2) is 18.2 Å². The summed E-state index contributed by atoms with van der Waals surface area (Å²) in [6.45, 7) is 6.75. The van der Waals surface area contributed by atoms with E-state index in [4.69, 9.17) is 4.74 Å². The highest BCUT2D eigenvalue weighted by Crippen LogP contribution is 2.31. The van der Waals surface area contributed by atoms with E-state index in [-0.39, 0.29) is 0 Å². The lowest BCUT2D eigenvalue weighted by atomic mass is 9.87. The SMILES string of the molecule is COc1cc(C(C)C)cc(C2CCNCC2)c1. The van der Waals surface area contributed by atoms with Crippen molar-refractivity contribution in [3.63, 3.8) is 0 Å². The molecule has 17 heavy (non-hydrogen) atoms. The maximum Gasteiger partial charge on any atom is 0.119 e. The minimum absolute atomic E-state index is 0.561.